The van der Waals surface area contributed by atoms with Crippen molar-refractivity contribution < 1.29 is 31.1 Å². The molecule has 0 fully saturated rings. The number of benzene rings is 1. The van der Waals surface area contributed by atoms with Gasteiger partial charge >= 0.3 is 6.09 Å². The number of pyridine rings is 1. The minimum Gasteiger partial charge on any atom is -0.445 e. The second kappa shape index (κ2) is 7.95. The first kappa shape index (κ1) is 20.4. The van der Waals surface area contributed by atoms with Crippen LogP contribution in [0.25, 0.3) is 11.3 Å². The van der Waals surface area contributed by atoms with Crippen LogP contribution in [0.5, 0.6) is 0 Å². The van der Waals surface area contributed by atoms with Crippen molar-refractivity contribution in [3.05, 3.63) is 71.9 Å². The van der Waals surface area contributed by atoms with Gasteiger partial charge in [0, 0.05) is 25.0 Å². The van der Waals surface area contributed by atoms with Crippen LogP contribution < -0.4 is 5.32 Å². The lowest BCUT2D eigenvalue weighted by atomic mass is 10.2. The van der Waals surface area contributed by atoms with Crippen molar-refractivity contribution in [2.75, 3.05) is 7.05 Å². The maximum atomic E-state index is 15.1. The lowest BCUT2D eigenvalue weighted by Crippen LogP contribution is -2.19. The second-order valence-electron chi connectivity index (χ2n) is 5.74. The number of rotatable bonds is 5. The number of halogens is 3. The third-order valence-corrected chi connectivity index (χ3v) is 5.57. The van der Waals surface area contributed by atoms with Gasteiger partial charge in [-0.3, -0.25) is 0 Å². The largest absolute Gasteiger partial charge is 0.445 e. The monoisotopic (exact) mass is 425 g/mol. The molecule has 2 heterocycles. The molecule has 0 aliphatic heterocycles. The molecule has 0 saturated heterocycles. The van der Waals surface area contributed by atoms with E-state index < -0.39 is 56.5 Å². The van der Waals surface area contributed by atoms with Gasteiger partial charge in [-0.25, -0.2) is 30.9 Å². The number of alkyl carbamates (subject to hydrolysis) is 1. The molecule has 152 valence electrons. The summed E-state index contributed by atoms with van der Waals surface area (Å²) >= 11 is 0. The molecule has 7 nitrogen and oxygen atoms in total. The van der Waals surface area contributed by atoms with Gasteiger partial charge < -0.3 is 10.1 Å². The lowest BCUT2D eigenvalue weighted by Gasteiger charge is -2.11. The predicted octanol–water partition coefficient (Wildman–Crippen LogP) is 3.06. The Kier molecular flexibility index (Phi) is 5.59. The number of hydrogen-bond acceptors (Lipinski definition) is 5. The van der Waals surface area contributed by atoms with Gasteiger partial charge in [-0.05, 0) is 30.3 Å². The first-order valence-corrected chi connectivity index (χ1v) is 9.56. The first-order valence-electron chi connectivity index (χ1n) is 8.12. The van der Waals surface area contributed by atoms with Gasteiger partial charge in [0.2, 0.25) is 5.95 Å². The van der Waals surface area contributed by atoms with E-state index in [0.717, 1.165) is 36.7 Å². The average molecular weight is 425 g/mol. The van der Waals surface area contributed by atoms with Gasteiger partial charge in [0.25, 0.3) is 10.0 Å². The van der Waals surface area contributed by atoms with E-state index >= 15 is 4.39 Å². The highest BCUT2D eigenvalue weighted by atomic mass is 32.2. The molecule has 3 rings (SSSR count). The number of nitrogens with one attached hydrogen (secondary N) is 1. The summed E-state index contributed by atoms with van der Waals surface area (Å²) in [4.78, 5) is 14.2. The number of amides is 1. The van der Waals surface area contributed by atoms with Gasteiger partial charge in [-0.15, -0.1) is 0 Å². The molecule has 0 aliphatic rings. The SMILES string of the molecule is CNC(=O)OCc1cn(S(=O)(=O)c2cccc(F)c2)c(-c2cccnc2F)c1F. The number of hydrogen-bond donors (Lipinski definition) is 1. The Balaban J connectivity index is 2.22. The Bertz CT molecular complexity index is 1180. The molecule has 1 N–H and O–H groups in total. The molecule has 1 amide bonds. The molecular weight excluding hydrogens is 411 g/mol. The number of carbonyl (C=O) groups is 1. The van der Waals surface area contributed by atoms with E-state index in [1.54, 1.807) is 0 Å². The Morgan fingerprint density at radius 1 is 1.21 bits per heavy atom. The van der Waals surface area contributed by atoms with Crippen LogP contribution in [0.15, 0.2) is 53.7 Å². The van der Waals surface area contributed by atoms with Crippen molar-refractivity contribution in [2.45, 2.75) is 11.5 Å². The first-order chi connectivity index (χ1) is 13.8. The number of nitrogens with zero attached hydrogens (tertiary/aromatic N) is 2. The van der Waals surface area contributed by atoms with Crippen molar-refractivity contribution in [3.8, 4) is 11.3 Å². The molecule has 0 saturated carbocycles. The Hall–Kier alpha value is -3.34. The highest BCUT2D eigenvalue weighted by Crippen LogP contribution is 2.32. The normalized spacial score (nSPS) is 11.3. The standard InChI is InChI=1S/C18H14F3N3O4S/c1-22-18(25)28-10-11-9-24(29(26,27)13-5-2-4-12(19)8-13)16(15(11)20)14-6-3-7-23-17(14)21/h2-9H,10H2,1H3,(H,22,25). The second-order valence-corrected chi connectivity index (χ2v) is 7.56. The number of ether oxygens (including phenoxy) is 1. The van der Waals surface area contributed by atoms with Crippen LogP contribution in [-0.2, 0) is 21.4 Å². The van der Waals surface area contributed by atoms with E-state index in [9.17, 15) is 22.0 Å². The lowest BCUT2D eigenvalue weighted by molar-refractivity contribution is 0.141. The van der Waals surface area contributed by atoms with Crippen LogP contribution in [0, 0.1) is 17.6 Å². The van der Waals surface area contributed by atoms with Gasteiger partial charge in [0.15, 0.2) is 5.82 Å². The molecule has 2 aromatic heterocycles. The van der Waals surface area contributed by atoms with E-state index in [1.807, 2.05) is 0 Å². The molecule has 1 aromatic carbocycles. The molecule has 3 aromatic rings. The summed E-state index contributed by atoms with van der Waals surface area (Å²) < 4.78 is 74.1. The zero-order chi connectivity index (χ0) is 21.2. The van der Waals surface area contributed by atoms with Crippen LogP contribution in [0.2, 0.25) is 0 Å². The van der Waals surface area contributed by atoms with E-state index in [1.165, 1.54) is 19.2 Å². The maximum absolute atomic E-state index is 15.1. The molecule has 0 spiro atoms. The summed E-state index contributed by atoms with van der Waals surface area (Å²) in [5.41, 5.74) is -1.42. The summed E-state index contributed by atoms with van der Waals surface area (Å²) in [5.74, 6) is -3.06. The zero-order valence-electron chi connectivity index (χ0n) is 14.9. The molecule has 29 heavy (non-hydrogen) atoms. The quantitative estimate of drug-likeness (QED) is 0.635. The third-order valence-electron chi connectivity index (χ3n) is 3.91. The molecular formula is C18H14F3N3O4S. The maximum Gasteiger partial charge on any atom is 0.407 e. The summed E-state index contributed by atoms with van der Waals surface area (Å²) in [6, 6.07) is 6.51. The molecule has 0 radical (unpaired) electrons. The summed E-state index contributed by atoms with van der Waals surface area (Å²) in [6.07, 6.45) is 1.08. The smallest absolute Gasteiger partial charge is 0.407 e. The van der Waals surface area contributed by atoms with E-state index in [-0.39, 0.29) is 5.56 Å². The number of carbonyl (C=O) groups excluding carboxylic acids is 1. The Labute approximate surface area is 163 Å². The van der Waals surface area contributed by atoms with E-state index in [4.69, 9.17) is 4.74 Å². The average Bonchev–Trinajstić information content (AvgIpc) is 3.03. The fourth-order valence-electron chi connectivity index (χ4n) is 2.56. The van der Waals surface area contributed by atoms with Gasteiger partial charge in [-0.2, -0.15) is 4.39 Å². The summed E-state index contributed by atoms with van der Waals surface area (Å²) in [6.45, 7) is -0.619. The topological polar surface area (TPSA) is 90.3 Å². The van der Waals surface area contributed by atoms with Crippen molar-refractivity contribution in [1.29, 1.82) is 0 Å². The summed E-state index contributed by atoms with van der Waals surface area (Å²) in [5, 5.41) is 2.16. The van der Waals surface area contributed by atoms with Crippen molar-refractivity contribution in [3.63, 3.8) is 0 Å². The molecule has 11 heteroatoms. The third kappa shape index (κ3) is 3.94. The zero-order valence-corrected chi connectivity index (χ0v) is 15.7. The van der Waals surface area contributed by atoms with Crippen LogP contribution >= 0.6 is 0 Å². The Morgan fingerprint density at radius 2 is 1.97 bits per heavy atom. The molecule has 0 bridgehead atoms. The number of aromatic nitrogens is 2. The highest BCUT2D eigenvalue weighted by molar-refractivity contribution is 7.90. The van der Waals surface area contributed by atoms with Crippen LogP contribution in [0.4, 0.5) is 18.0 Å². The highest BCUT2D eigenvalue weighted by Gasteiger charge is 2.29. The van der Waals surface area contributed by atoms with Crippen molar-refractivity contribution in [1.82, 2.24) is 14.3 Å². The molecule has 0 atom stereocenters. The van der Waals surface area contributed by atoms with Gasteiger partial charge in [0.1, 0.15) is 18.1 Å². The fraction of sp³-hybridized carbons (Fsp3) is 0.111. The van der Waals surface area contributed by atoms with Crippen LogP contribution in [0.3, 0.4) is 0 Å². The molecule has 0 aliphatic carbocycles. The van der Waals surface area contributed by atoms with Gasteiger partial charge in [-0.1, -0.05) is 6.07 Å². The van der Waals surface area contributed by atoms with E-state index in [2.05, 4.69) is 10.3 Å². The Morgan fingerprint density at radius 3 is 2.62 bits per heavy atom. The minimum absolute atomic E-state index is 0.327. The van der Waals surface area contributed by atoms with Crippen molar-refractivity contribution in [2.24, 2.45) is 0 Å². The molecule has 0 unspecified atom stereocenters. The minimum atomic E-state index is -4.52. The predicted molar refractivity (Wildman–Crippen MR) is 95.8 cm³/mol. The van der Waals surface area contributed by atoms with Crippen molar-refractivity contribution >= 4 is 16.1 Å². The van der Waals surface area contributed by atoms with Crippen LogP contribution in [0.1, 0.15) is 5.56 Å². The van der Waals surface area contributed by atoms with Gasteiger partial charge in [0.05, 0.1) is 10.5 Å². The summed E-state index contributed by atoms with van der Waals surface area (Å²) in [7, 11) is -3.23. The fourth-order valence-corrected chi connectivity index (χ4v) is 3.98. The van der Waals surface area contributed by atoms with E-state index in [0.29, 0.717) is 3.97 Å². The van der Waals surface area contributed by atoms with Crippen LogP contribution in [-0.4, -0.2) is 30.5 Å².